The maximum absolute atomic E-state index is 11.8. The number of esters is 1. The molecular weight excluding hydrogens is 216 g/mol. The summed E-state index contributed by atoms with van der Waals surface area (Å²) in [6.45, 7) is 0. The second kappa shape index (κ2) is 4.78. The molecule has 0 N–H and O–H groups in total. The average Bonchev–Trinajstić information content (AvgIpc) is 2.38. The standard InChI is InChI=1S/C14H12O3/c1-17-14(16)9-13(15)12-7-6-10-4-2-3-5-11(10)8-12/h2-8H,9H2,1H3. The van der Waals surface area contributed by atoms with E-state index in [4.69, 9.17) is 0 Å². The first-order chi connectivity index (χ1) is 8.20. The number of hydrogen-bond acceptors (Lipinski definition) is 3. The third kappa shape index (κ3) is 2.50. The lowest BCUT2D eigenvalue weighted by Crippen LogP contribution is -2.09. The maximum Gasteiger partial charge on any atom is 0.313 e. The zero-order valence-electron chi connectivity index (χ0n) is 9.47. The van der Waals surface area contributed by atoms with Crippen molar-refractivity contribution in [3.63, 3.8) is 0 Å². The molecule has 3 nitrogen and oxygen atoms in total. The monoisotopic (exact) mass is 228 g/mol. The normalized spacial score (nSPS) is 10.2. The van der Waals surface area contributed by atoms with E-state index in [9.17, 15) is 9.59 Å². The zero-order valence-corrected chi connectivity index (χ0v) is 9.47. The summed E-state index contributed by atoms with van der Waals surface area (Å²) < 4.78 is 4.47. The maximum atomic E-state index is 11.8. The number of carbonyl (C=O) groups is 2. The van der Waals surface area contributed by atoms with Gasteiger partial charge in [0.1, 0.15) is 6.42 Å². The number of benzene rings is 2. The third-order valence-electron chi connectivity index (χ3n) is 2.60. The number of methoxy groups -OCH3 is 1. The topological polar surface area (TPSA) is 43.4 Å². The van der Waals surface area contributed by atoms with Gasteiger partial charge in [0.2, 0.25) is 0 Å². The molecular formula is C14H12O3. The van der Waals surface area contributed by atoms with Crippen LogP contribution in [0.5, 0.6) is 0 Å². The second-order valence-corrected chi connectivity index (χ2v) is 3.74. The molecule has 17 heavy (non-hydrogen) atoms. The SMILES string of the molecule is COC(=O)CC(=O)c1ccc2ccccc2c1. The van der Waals surface area contributed by atoms with E-state index in [0.29, 0.717) is 5.56 Å². The molecule has 0 radical (unpaired) electrons. The van der Waals surface area contributed by atoms with Crippen LogP contribution in [0, 0.1) is 0 Å². The summed E-state index contributed by atoms with van der Waals surface area (Å²) in [4.78, 5) is 22.8. The van der Waals surface area contributed by atoms with Crippen molar-refractivity contribution in [2.24, 2.45) is 0 Å². The number of Topliss-reactive ketones (excluding diaryl/α,β-unsaturated/α-hetero) is 1. The fourth-order valence-corrected chi connectivity index (χ4v) is 1.67. The van der Waals surface area contributed by atoms with Crippen LogP contribution in [0.25, 0.3) is 10.8 Å². The zero-order chi connectivity index (χ0) is 12.3. The molecule has 0 saturated heterocycles. The summed E-state index contributed by atoms with van der Waals surface area (Å²) >= 11 is 0. The van der Waals surface area contributed by atoms with Gasteiger partial charge in [0, 0.05) is 5.56 Å². The van der Waals surface area contributed by atoms with Crippen LogP contribution >= 0.6 is 0 Å². The van der Waals surface area contributed by atoms with Crippen molar-refractivity contribution < 1.29 is 14.3 Å². The molecule has 0 spiro atoms. The van der Waals surface area contributed by atoms with Crippen molar-refractivity contribution in [1.82, 2.24) is 0 Å². The van der Waals surface area contributed by atoms with Crippen LogP contribution in [0.1, 0.15) is 16.8 Å². The van der Waals surface area contributed by atoms with Crippen LogP contribution in [0.3, 0.4) is 0 Å². The Kier molecular flexibility index (Phi) is 3.19. The Morgan fingerprint density at radius 3 is 2.47 bits per heavy atom. The Morgan fingerprint density at radius 2 is 1.76 bits per heavy atom. The highest BCUT2D eigenvalue weighted by Gasteiger charge is 2.12. The highest BCUT2D eigenvalue weighted by atomic mass is 16.5. The Hall–Kier alpha value is -2.16. The van der Waals surface area contributed by atoms with E-state index in [1.807, 2.05) is 30.3 Å². The molecule has 0 fully saturated rings. The molecule has 0 aromatic heterocycles. The van der Waals surface area contributed by atoms with Gasteiger partial charge in [-0.05, 0) is 16.8 Å². The van der Waals surface area contributed by atoms with Crippen molar-refractivity contribution in [2.45, 2.75) is 6.42 Å². The smallest absolute Gasteiger partial charge is 0.313 e. The molecule has 86 valence electrons. The lowest BCUT2D eigenvalue weighted by molar-refractivity contribution is -0.139. The summed E-state index contributed by atoms with van der Waals surface area (Å²) in [6.07, 6.45) is -0.213. The van der Waals surface area contributed by atoms with Crippen LogP contribution in [0.15, 0.2) is 42.5 Å². The van der Waals surface area contributed by atoms with E-state index in [2.05, 4.69) is 4.74 Å². The van der Waals surface area contributed by atoms with E-state index in [0.717, 1.165) is 10.8 Å². The molecule has 2 rings (SSSR count). The number of fused-ring (bicyclic) bond motifs is 1. The second-order valence-electron chi connectivity index (χ2n) is 3.74. The molecule has 0 aliphatic rings. The van der Waals surface area contributed by atoms with Crippen LogP contribution in [0.2, 0.25) is 0 Å². The minimum absolute atomic E-state index is 0.213. The highest BCUT2D eigenvalue weighted by molar-refractivity contribution is 6.07. The van der Waals surface area contributed by atoms with Gasteiger partial charge in [0.15, 0.2) is 5.78 Å². The Morgan fingerprint density at radius 1 is 1.06 bits per heavy atom. The molecule has 3 heteroatoms. The van der Waals surface area contributed by atoms with Gasteiger partial charge in [-0.1, -0.05) is 36.4 Å². The summed E-state index contributed by atoms with van der Waals surface area (Å²) in [6, 6.07) is 13.2. The summed E-state index contributed by atoms with van der Waals surface area (Å²) in [5, 5.41) is 2.06. The van der Waals surface area contributed by atoms with Crippen LogP contribution in [-0.4, -0.2) is 18.9 Å². The average molecular weight is 228 g/mol. The van der Waals surface area contributed by atoms with Gasteiger partial charge < -0.3 is 4.74 Å². The van der Waals surface area contributed by atoms with Crippen LogP contribution < -0.4 is 0 Å². The van der Waals surface area contributed by atoms with Gasteiger partial charge in [-0.15, -0.1) is 0 Å². The number of carbonyl (C=O) groups excluding carboxylic acids is 2. The van der Waals surface area contributed by atoms with Gasteiger partial charge in [0.25, 0.3) is 0 Å². The number of ketones is 1. The van der Waals surface area contributed by atoms with Crippen molar-refractivity contribution in [2.75, 3.05) is 7.11 Å². The molecule has 0 saturated carbocycles. The molecule has 2 aromatic carbocycles. The Balaban J connectivity index is 2.30. The molecule has 0 atom stereocenters. The molecule has 0 heterocycles. The Labute approximate surface area is 99.0 Å². The largest absolute Gasteiger partial charge is 0.469 e. The van der Waals surface area contributed by atoms with E-state index in [1.54, 1.807) is 12.1 Å². The predicted molar refractivity (Wildman–Crippen MR) is 64.9 cm³/mol. The minimum Gasteiger partial charge on any atom is -0.469 e. The fourth-order valence-electron chi connectivity index (χ4n) is 1.67. The molecule has 0 bridgehead atoms. The fraction of sp³-hybridized carbons (Fsp3) is 0.143. The van der Waals surface area contributed by atoms with E-state index < -0.39 is 5.97 Å². The predicted octanol–water partition coefficient (Wildman–Crippen LogP) is 2.59. The van der Waals surface area contributed by atoms with E-state index in [1.165, 1.54) is 7.11 Å². The van der Waals surface area contributed by atoms with Crippen molar-refractivity contribution in [3.8, 4) is 0 Å². The van der Waals surface area contributed by atoms with Crippen LogP contribution in [0.4, 0.5) is 0 Å². The number of hydrogen-bond donors (Lipinski definition) is 0. The van der Waals surface area contributed by atoms with E-state index >= 15 is 0 Å². The molecule has 0 unspecified atom stereocenters. The first-order valence-corrected chi connectivity index (χ1v) is 5.29. The van der Waals surface area contributed by atoms with Gasteiger partial charge in [-0.2, -0.15) is 0 Å². The van der Waals surface area contributed by atoms with Crippen molar-refractivity contribution in [1.29, 1.82) is 0 Å². The van der Waals surface area contributed by atoms with Gasteiger partial charge in [-0.25, -0.2) is 0 Å². The summed E-state index contributed by atoms with van der Waals surface area (Å²) in [5.74, 6) is -0.731. The van der Waals surface area contributed by atoms with Gasteiger partial charge in [-0.3, -0.25) is 9.59 Å². The number of rotatable bonds is 3. The highest BCUT2D eigenvalue weighted by Crippen LogP contribution is 2.16. The third-order valence-corrected chi connectivity index (χ3v) is 2.60. The first-order valence-electron chi connectivity index (χ1n) is 5.29. The van der Waals surface area contributed by atoms with Crippen LogP contribution in [-0.2, 0) is 9.53 Å². The minimum atomic E-state index is -0.511. The lowest BCUT2D eigenvalue weighted by Gasteiger charge is -2.02. The molecule has 0 aliphatic heterocycles. The number of ether oxygens (including phenoxy) is 1. The molecule has 0 amide bonds. The first kappa shape index (κ1) is 11.3. The Bertz CT molecular complexity index is 572. The molecule has 0 aliphatic carbocycles. The van der Waals surface area contributed by atoms with Gasteiger partial charge in [0.05, 0.1) is 7.11 Å². The van der Waals surface area contributed by atoms with Gasteiger partial charge >= 0.3 is 5.97 Å². The lowest BCUT2D eigenvalue weighted by atomic mass is 10.0. The van der Waals surface area contributed by atoms with Crippen molar-refractivity contribution >= 4 is 22.5 Å². The molecule has 2 aromatic rings. The summed E-state index contributed by atoms with van der Waals surface area (Å²) in [5.41, 5.74) is 0.536. The van der Waals surface area contributed by atoms with Crippen molar-refractivity contribution in [3.05, 3.63) is 48.0 Å². The summed E-state index contributed by atoms with van der Waals surface area (Å²) in [7, 11) is 1.27. The van der Waals surface area contributed by atoms with E-state index in [-0.39, 0.29) is 12.2 Å². The quantitative estimate of drug-likeness (QED) is 0.460.